The fraction of sp³-hybridized carbons (Fsp3) is 0.118. The molecule has 1 N–H and O–H groups in total. The number of nitrogens with zero attached hydrogens (tertiary/aromatic N) is 2. The molecule has 0 unspecified atom stereocenters. The standard InChI is InChI=1S/C17H13N3O3/c1-2-22-17(21)14(10-18)20-19-11-7-8-13-12-5-3-4-6-15(12)23-16(13)9-11/h3-9,19H,2H2,1H3/b20-14-. The predicted octanol–water partition coefficient (Wildman–Crippen LogP) is 3.44. The molecule has 3 aromatic rings. The van der Waals surface area contributed by atoms with Gasteiger partial charge >= 0.3 is 5.97 Å². The van der Waals surface area contributed by atoms with Crippen LogP contribution in [0.15, 0.2) is 52.0 Å². The number of carbonyl (C=O) groups is 1. The first-order valence-electron chi connectivity index (χ1n) is 7.05. The van der Waals surface area contributed by atoms with E-state index in [0.717, 1.165) is 16.4 Å². The molecular formula is C17H13N3O3. The minimum absolute atomic E-state index is 0.185. The number of benzene rings is 2. The molecule has 2 aromatic carbocycles. The normalized spacial score (nSPS) is 11.4. The fourth-order valence-electron chi connectivity index (χ4n) is 2.23. The smallest absolute Gasteiger partial charge is 0.369 e. The molecule has 0 saturated heterocycles. The van der Waals surface area contributed by atoms with E-state index in [0.29, 0.717) is 11.3 Å². The molecule has 6 nitrogen and oxygen atoms in total. The van der Waals surface area contributed by atoms with Gasteiger partial charge in [0, 0.05) is 16.8 Å². The summed E-state index contributed by atoms with van der Waals surface area (Å²) < 4.78 is 10.5. The van der Waals surface area contributed by atoms with Gasteiger partial charge < -0.3 is 9.15 Å². The molecule has 0 amide bonds. The van der Waals surface area contributed by atoms with Crippen molar-refractivity contribution < 1.29 is 13.9 Å². The SMILES string of the molecule is CCOC(=O)/C(C#N)=N\Nc1ccc2c(c1)oc1ccccc12. The second kappa shape index (κ2) is 6.20. The zero-order valence-corrected chi connectivity index (χ0v) is 12.4. The summed E-state index contributed by atoms with van der Waals surface area (Å²) in [4.78, 5) is 11.5. The third-order valence-corrected chi connectivity index (χ3v) is 3.25. The summed E-state index contributed by atoms with van der Waals surface area (Å²) in [5.41, 5.74) is 4.44. The topological polar surface area (TPSA) is 87.6 Å². The lowest BCUT2D eigenvalue weighted by molar-refractivity contribution is -0.134. The van der Waals surface area contributed by atoms with E-state index in [4.69, 9.17) is 14.4 Å². The molecule has 0 aliphatic rings. The first-order chi connectivity index (χ1) is 11.2. The van der Waals surface area contributed by atoms with Crippen LogP contribution in [0, 0.1) is 11.3 Å². The molecule has 0 radical (unpaired) electrons. The number of furan rings is 1. The van der Waals surface area contributed by atoms with Gasteiger partial charge in [-0.3, -0.25) is 5.43 Å². The van der Waals surface area contributed by atoms with E-state index in [2.05, 4.69) is 10.5 Å². The van der Waals surface area contributed by atoms with E-state index >= 15 is 0 Å². The molecule has 0 atom stereocenters. The molecule has 0 aliphatic heterocycles. The Morgan fingerprint density at radius 2 is 2.04 bits per heavy atom. The van der Waals surface area contributed by atoms with Crippen molar-refractivity contribution in [2.24, 2.45) is 5.10 Å². The van der Waals surface area contributed by atoms with Gasteiger partial charge in [0.15, 0.2) is 0 Å². The molecule has 3 rings (SSSR count). The number of para-hydroxylation sites is 1. The second-order valence-corrected chi connectivity index (χ2v) is 4.71. The van der Waals surface area contributed by atoms with Crippen LogP contribution in [0.4, 0.5) is 5.69 Å². The first-order valence-corrected chi connectivity index (χ1v) is 7.05. The van der Waals surface area contributed by atoms with E-state index in [-0.39, 0.29) is 12.3 Å². The van der Waals surface area contributed by atoms with E-state index in [1.165, 1.54) is 0 Å². The van der Waals surface area contributed by atoms with Crippen LogP contribution in [0.2, 0.25) is 0 Å². The lowest BCUT2D eigenvalue weighted by atomic mass is 10.1. The molecule has 6 heteroatoms. The maximum Gasteiger partial charge on any atom is 0.369 e. The minimum Gasteiger partial charge on any atom is -0.461 e. The number of hydrazone groups is 1. The highest BCUT2D eigenvalue weighted by Gasteiger charge is 2.12. The number of ether oxygens (including phenoxy) is 1. The van der Waals surface area contributed by atoms with Crippen LogP contribution in [-0.4, -0.2) is 18.3 Å². The van der Waals surface area contributed by atoms with Crippen molar-refractivity contribution in [2.75, 3.05) is 12.0 Å². The molecule has 0 bridgehead atoms. The van der Waals surface area contributed by atoms with Crippen molar-refractivity contribution in [1.29, 1.82) is 5.26 Å². The number of anilines is 1. The highest BCUT2D eigenvalue weighted by Crippen LogP contribution is 2.30. The Bertz CT molecular complexity index is 951. The van der Waals surface area contributed by atoms with E-state index < -0.39 is 5.97 Å². The summed E-state index contributed by atoms with van der Waals surface area (Å²) in [6, 6.07) is 14.9. The number of fused-ring (bicyclic) bond motifs is 3. The maximum atomic E-state index is 11.5. The summed E-state index contributed by atoms with van der Waals surface area (Å²) in [5, 5.41) is 14.7. The quantitative estimate of drug-likeness (QED) is 0.453. The van der Waals surface area contributed by atoms with Crippen molar-refractivity contribution in [3.8, 4) is 6.07 Å². The Morgan fingerprint density at radius 3 is 2.83 bits per heavy atom. The average Bonchev–Trinajstić information content (AvgIpc) is 2.93. The number of carbonyl (C=O) groups excluding carboxylic acids is 1. The van der Waals surface area contributed by atoms with E-state index in [9.17, 15) is 4.79 Å². The molecule has 0 saturated carbocycles. The zero-order chi connectivity index (χ0) is 16.2. The summed E-state index contributed by atoms with van der Waals surface area (Å²) in [5.74, 6) is -0.757. The van der Waals surface area contributed by atoms with E-state index in [1.807, 2.05) is 30.3 Å². The Morgan fingerprint density at radius 1 is 1.26 bits per heavy atom. The monoisotopic (exact) mass is 307 g/mol. The summed E-state index contributed by atoms with van der Waals surface area (Å²) in [7, 11) is 0. The first kappa shape index (κ1) is 14.6. The largest absolute Gasteiger partial charge is 0.461 e. The second-order valence-electron chi connectivity index (χ2n) is 4.71. The van der Waals surface area contributed by atoms with Gasteiger partial charge in [-0.05, 0) is 25.1 Å². The van der Waals surface area contributed by atoms with Crippen molar-refractivity contribution >= 4 is 39.3 Å². The number of nitrogens with one attached hydrogen (secondary N) is 1. The van der Waals surface area contributed by atoms with Crippen LogP contribution in [0.25, 0.3) is 21.9 Å². The average molecular weight is 307 g/mol. The molecular weight excluding hydrogens is 294 g/mol. The predicted molar refractivity (Wildman–Crippen MR) is 87.0 cm³/mol. The van der Waals surface area contributed by atoms with Gasteiger partial charge in [-0.15, -0.1) is 0 Å². The van der Waals surface area contributed by atoms with Crippen LogP contribution >= 0.6 is 0 Å². The number of rotatable bonds is 4. The Labute approximate surface area is 131 Å². The van der Waals surface area contributed by atoms with Crippen LogP contribution in [0.3, 0.4) is 0 Å². The third kappa shape index (κ3) is 2.85. The van der Waals surface area contributed by atoms with Crippen LogP contribution in [-0.2, 0) is 9.53 Å². The lowest BCUT2D eigenvalue weighted by Gasteiger charge is -2.02. The van der Waals surface area contributed by atoms with Gasteiger partial charge in [0.2, 0.25) is 5.71 Å². The van der Waals surface area contributed by atoms with Crippen LogP contribution in [0.1, 0.15) is 6.92 Å². The summed E-state index contributed by atoms with van der Waals surface area (Å²) >= 11 is 0. The van der Waals surface area contributed by atoms with Crippen molar-refractivity contribution in [3.05, 3.63) is 42.5 Å². The highest BCUT2D eigenvalue weighted by atomic mass is 16.5. The molecule has 1 aromatic heterocycles. The zero-order valence-electron chi connectivity index (χ0n) is 12.4. The molecule has 0 spiro atoms. The Hall–Kier alpha value is -3.33. The van der Waals surface area contributed by atoms with Gasteiger partial charge in [-0.2, -0.15) is 10.4 Å². The molecule has 23 heavy (non-hydrogen) atoms. The molecule has 1 heterocycles. The van der Waals surface area contributed by atoms with Gasteiger partial charge in [0.05, 0.1) is 12.3 Å². The summed E-state index contributed by atoms with van der Waals surface area (Å²) in [6.07, 6.45) is 0. The van der Waals surface area contributed by atoms with Gasteiger partial charge in [-0.25, -0.2) is 4.79 Å². The van der Waals surface area contributed by atoms with Crippen LogP contribution in [0.5, 0.6) is 0 Å². The third-order valence-electron chi connectivity index (χ3n) is 3.25. The van der Waals surface area contributed by atoms with Crippen molar-refractivity contribution in [2.45, 2.75) is 6.92 Å². The fourth-order valence-corrected chi connectivity index (χ4v) is 2.23. The summed E-state index contributed by atoms with van der Waals surface area (Å²) in [6.45, 7) is 1.85. The molecule has 0 fully saturated rings. The maximum absolute atomic E-state index is 11.5. The Kier molecular flexibility index (Phi) is 3.93. The number of nitriles is 1. The van der Waals surface area contributed by atoms with Gasteiger partial charge in [-0.1, -0.05) is 18.2 Å². The number of esters is 1. The highest BCUT2D eigenvalue weighted by molar-refractivity contribution is 6.43. The van der Waals surface area contributed by atoms with Crippen molar-refractivity contribution in [3.63, 3.8) is 0 Å². The van der Waals surface area contributed by atoms with E-state index in [1.54, 1.807) is 25.1 Å². The number of hydrogen-bond acceptors (Lipinski definition) is 6. The van der Waals surface area contributed by atoms with Crippen molar-refractivity contribution in [1.82, 2.24) is 0 Å². The number of hydrogen-bond donors (Lipinski definition) is 1. The Balaban J connectivity index is 1.90. The lowest BCUT2D eigenvalue weighted by Crippen LogP contribution is -2.17. The molecule has 114 valence electrons. The van der Waals surface area contributed by atoms with Crippen LogP contribution < -0.4 is 5.43 Å². The van der Waals surface area contributed by atoms with Gasteiger partial charge in [0.25, 0.3) is 0 Å². The molecule has 0 aliphatic carbocycles. The minimum atomic E-state index is -0.757. The van der Waals surface area contributed by atoms with Gasteiger partial charge in [0.1, 0.15) is 17.2 Å².